The van der Waals surface area contributed by atoms with Crippen molar-refractivity contribution in [2.45, 2.75) is 26.3 Å². The zero-order valence-corrected chi connectivity index (χ0v) is 12.8. The van der Waals surface area contributed by atoms with Crippen LogP contribution in [-0.2, 0) is 13.0 Å². The van der Waals surface area contributed by atoms with Gasteiger partial charge in [0, 0.05) is 24.3 Å². The molecule has 1 N–H and O–H groups in total. The van der Waals surface area contributed by atoms with Crippen molar-refractivity contribution in [2.75, 3.05) is 20.2 Å². The van der Waals surface area contributed by atoms with E-state index in [-0.39, 0.29) is 0 Å². The Morgan fingerprint density at radius 3 is 3.05 bits per heavy atom. The lowest BCUT2D eigenvalue weighted by molar-refractivity contribution is 0.235. The molecule has 112 valence electrons. The van der Waals surface area contributed by atoms with E-state index in [2.05, 4.69) is 47.3 Å². The second-order valence-electron chi connectivity index (χ2n) is 6.03. The topological polar surface area (TPSA) is 41.2 Å². The zero-order valence-electron chi connectivity index (χ0n) is 12.8. The Balaban J connectivity index is 1.61. The summed E-state index contributed by atoms with van der Waals surface area (Å²) in [6.07, 6.45) is 4.14. The number of ether oxygens (including phenoxy) is 1. The molecule has 0 aliphatic carbocycles. The molecule has 2 heterocycles. The lowest BCUT2D eigenvalue weighted by Gasteiger charge is -2.22. The Hall–Kier alpha value is -1.81. The van der Waals surface area contributed by atoms with Crippen LogP contribution >= 0.6 is 0 Å². The van der Waals surface area contributed by atoms with E-state index in [1.165, 1.54) is 11.1 Å². The summed E-state index contributed by atoms with van der Waals surface area (Å²) in [4.78, 5) is 2.39. The van der Waals surface area contributed by atoms with Crippen LogP contribution in [0.15, 0.2) is 30.5 Å². The van der Waals surface area contributed by atoms with Gasteiger partial charge in [-0.2, -0.15) is 5.10 Å². The average molecular weight is 285 g/mol. The summed E-state index contributed by atoms with van der Waals surface area (Å²) in [6, 6.07) is 8.42. The summed E-state index contributed by atoms with van der Waals surface area (Å²) in [5.41, 5.74) is 3.78. The molecule has 0 radical (unpaired) electrons. The molecular weight excluding hydrogens is 262 g/mol. The Bertz CT molecular complexity index is 593. The van der Waals surface area contributed by atoms with Gasteiger partial charge >= 0.3 is 0 Å². The maximum atomic E-state index is 5.85. The first-order valence-electron chi connectivity index (χ1n) is 7.60. The maximum Gasteiger partial charge on any atom is 0.122 e. The van der Waals surface area contributed by atoms with Gasteiger partial charge in [0.05, 0.1) is 12.8 Å². The van der Waals surface area contributed by atoms with Gasteiger partial charge in [-0.3, -0.25) is 5.10 Å². The number of aromatic nitrogens is 2. The number of aromatic amines is 1. The van der Waals surface area contributed by atoms with E-state index in [1.807, 2.05) is 12.3 Å². The van der Waals surface area contributed by atoms with Gasteiger partial charge in [-0.25, -0.2) is 0 Å². The van der Waals surface area contributed by atoms with Crippen LogP contribution in [0.1, 0.15) is 23.2 Å². The van der Waals surface area contributed by atoms with Gasteiger partial charge in [0.25, 0.3) is 0 Å². The standard InChI is InChI=1S/C17H23N3O/c1-13-16(10-18-19-13)12-20(2)11-14-7-8-21-17-6-4-3-5-15(17)9-14/h3-6,10,14H,7-9,11-12H2,1-2H3,(H,18,19)/t14-/m0/s1. The molecule has 0 spiro atoms. The molecule has 0 bridgehead atoms. The van der Waals surface area contributed by atoms with Crippen molar-refractivity contribution >= 4 is 0 Å². The van der Waals surface area contributed by atoms with Gasteiger partial charge in [-0.1, -0.05) is 18.2 Å². The molecule has 21 heavy (non-hydrogen) atoms. The molecule has 0 fully saturated rings. The fourth-order valence-corrected chi connectivity index (χ4v) is 3.05. The molecule has 4 nitrogen and oxygen atoms in total. The maximum absolute atomic E-state index is 5.85. The first-order valence-corrected chi connectivity index (χ1v) is 7.60. The molecule has 0 saturated heterocycles. The largest absolute Gasteiger partial charge is 0.493 e. The van der Waals surface area contributed by atoms with E-state index >= 15 is 0 Å². The zero-order chi connectivity index (χ0) is 14.7. The summed E-state index contributed by atoms with van der Waals surface area (Å²) < 4.78 is 5.85. The van der Waals surface area contributed by atoms with E-state index in [1.54, 1.807) is 0 Å². The number of nitrogens with one attached hydrogen (secondary N) is 1. The van der Waals surface area contributed by atoms with Crippen molar-refractivity contribution in [3.63, 3.8) is 0 Å². The number of hydrogen-bond donors (Lipinski definition) is 1. The normalized spacial score (nSPS) is 18.1. The highest BCUT2D eigenvalue weighted by atomic mass is 16.5. The Kier molecular flexibility index (Phi) is 4.25. The number of para-hydroxylation sites is 1. The van der Waals surface area contributed by atoms with Gasteiger partial charge in [0.1, 0.15) is 5.75 Å². The molecular formula is C17H23N3O. The average Bonchev–Trinajstić information content (AvgIpc) is 2.75. The van der Waals surface area contributed by atoms with Crippen LogP contribution in [0.3, 0.4) is 0 Å². The highest BCUT2D eigenvalue weighted by molar-refractivity contribution is 5.34. The number of nitrogens with zero attached hydrogens (tertiary/aromatic N) is 2. The Morgan fingerprint density at radius 2 is 2.24 bits per heavy atom. The van der Waals surface area contributed by atoms with Gasteiger partial charge in [0.15, 0.2) is 0 Å². The van der Waals surface area contributed by atoms with E-state index in [0.717, 1.165) is 44.0 Å². The Labute approximate surface area is 126 Å². The predicted octanol–water partition coefficient (Wildman–Crippen LogP) is 2.79. The lowest BCUT2D eigenvalue weighted by atomic mass is 9.96. The van der Waals surface area contributed by atoms with Crippen LogP contribution in [0.2, 0.25) is 0 Å². The molecule has 0 saturated carbocycles. The number of hydrogen-bond acceptors (Lipinski definition) is 3. The summed E-state index contributed by atoms with van der Waals surface area (Å²) >= 11 is 0. The smallest absolute Gasteiger partial charge is 0.122 e. The summed E-state index contributed by atoms with van der Waals surface area (Å²) in [7, 11) is 2.18. The predicted molar refractivity (Wildman–Crippen MR) is 83.4 cm³/mol. The fraction of sp³-hybridized carbons (Fsp3) is 0.471. The Morgan fingerprint density at radius 1 is 1.38 bits per heavy atom. The summed E-state index contributed by atoms with van der Waals surface area (Å²) in [6.45, 7) is 4.93. The van der Waals surface area contributed by atoms with Crippen LogP contribution in [0.5, 0.6) is 5.75 Å². The highest BCUT2D eigenvalue weighted by Gasteiger charge is 2.19. The van der Waals surface area contributed by atoms with Crippen molar-refractivity contribution in [1.82, 2.24) is 15.1 Å². The number of fused-ring (bicyclic) bond motifs is 1. The number of rotatable bonds is 4. The molecule has 4 heteroatoms. The third-order valence-corrected chi connectivity index (χ3v) is 4.21. The number of aryl methyl sites for hydroxylation is 1. The first-order chi connectivity index (χ1) is 10.2. The van der Waals surface area contributed by atoms with Gasteiger partial charge in [-0.05, 0) is 44.4 Å². The van der Waals surface area contributed by atoms with Crippen molar-refractivity contribution < 1.29 is 4.74 Å². The molecule has 0 unspecified atom stereocenters. The molecule has 3 rings (SSSR count). The molecule has 1 aliphatic heterocycles. The summed E-state index contributed by atoms with van der Waals surface area (Å²) in [5, 5.41) is 7.10. The van der Waals surface area contributed by atoms with Gasteiger partial charge in [0.2, 0.25) is 0 Å². The molecule has 1 aliphatic rings. The summed E-state index contributed by atoms with van der Waals surface area (Å²) in [5.74, 6) is 1.71. The monoisotopic (exact) mass is 285 g/mol. The van der Waals surface area contributed by atoms with Crippen LogP contribution < -0.4 is 4.74 Å². The van der Waals surface area contributed by atoms with E-state index in [0.29, 0.717) is 5.92 Å². The van der Waals surface area contributed by atoms with E-state index in [9.17, 15) is 0 Å². The first kappa shape index (κ1) is 14.1. The second-order valence-corrected chi connectivity index (χ2v) is 6.03. The molecule has 2 aromatic rings. The van der Waals surface area contributed by atoms with Crippen LogP contribution in [0, 0.1) is 12.8 Å². The van der Waals surface area contributed by atoms with Crippen molar-refractivity contribution in [1.29, 1.82) is 0 Å². The van der Waals surface area contributed by atoms with Crippen molar-refractivity contribution in [3.8, 4) is 5.75 Å². The lowest BCUT2D eigenvalue weighted by Crippen LogP contribution is -2.27. The SMILES string of the molecule is Cc1[nH]ncc1CN(C)C[C@H]1CCOc2ccccc2C1. The minimum atomic E-state index is 0.644. The van der Waals surface area contributed by atoms with Crippen LogP contribution in [0.25, 0.3) is 0 Å². The molecule has 1 aromatic carbocycles. The molecule has 1 aromatic heterocycles. The third-order valence-electron chi connectivity index (χ3n) is 4.21. The van der Waals surface area contributed by atoms with Crippen LogP contribution in [-0.4, -0.2) is 35.3 Å². The van der Waals surface area contributed by atoms with Crippen molar-refractivity contribution in [2.24, 2.45) is 5.92 Å². The third kappa shape index (κ3) is 3.45. The fourth-order valence-electron chi connectivity index (χ4n) is 3.05. The van der Waals surface area contributed by atoms with Gasteiger partial charge < -0.3 is 9.64 Å². The van der Waals surface area contributed by atoms with Crippen LogP contribution in [0.4, 0.5) is 0 Å². The quantitative estimate of drug-likeness (QED) is 0.939. The molecule has 0 amide bonds. The number of benzene rings is 1. The minimum absolute atomic E-state index is 0.644. The number of H-pyrrole nitrogens is 1. The second kappa shape index (κ2) is 6.31. The van der Waals surface area contributed by atoms with Crippen molar-refractivity contribution in [3.05, 3.63) is 47.3 Å². The minimum Gasteiger partial charge on any atom is -0.493 e. The molecule has 1 atom stereocenters. The van der Waals surface area contributed by atoms with E-state index in [4.69, 9.17) is 4.74 Å². The highest BCUT2D eigenvalue weighted by Crippen LogP contribution is 2.27. The van der Waals surface area contributed by atoms with E-state index < -0.39 is 0 Å². The van der Waals surface area contributed by atoms with Gasteiger partial charge in [-0.15, -0.1) is 0 Å².